The Morgan fingerprint density at radius 3 is 1.35 bits per heavy atom. The van der Waals surface area contributed by atoms with E-state index in [1.165, 1.54) is 14.2 Å². The summed E-state index contributed by atoms with van der Waals surface area (Å²) in [6, 6.07) is 0. The molecule has 0 aliphatic rings. The lowest BCUT2D eigenvalue weighted by molar-refractivity contribution is 0.110. The van der Waals surface area contributed by atoms with Crippen molar-refractivity contribution in [3.63, 3.8) is 0 Å². The number of aldehydes is 2. The van der Waals surface area contributed by atoms with Crippen LogP contribution in [0.4, 0.5) is 0 Å². The molecule has 1 aromatic rings. The predicted octanol–water partition coefficient (Wildman–Crippen LogP) is 3.23. The molecule has 0 saturated heterocycles. The summed E-state index contributed by atoms with van der Waals surface area (Å²) in [5.41, 5.74) is 2.51. The van der Waals surface area contributed by atoms with E-state index in [0.717, 1.165) is 36.5 Å². The van der Waals surface area contributed by atoms with E-state index in [0.29, 0.717) is 35.5 Å². The summed E-state index contributed by atoms with van der Waals surface area (Å²) in [6.45, 7) is 4.03. The second-order valence-corrected chi connectivity index (χ2v) is 4.59. The molecule has 0 amide bonds. The van der Waals surface area contributed by atoms with Crippen LogP contribution < -0.4 is 9.47 Å². The van der Waals surface area contributed by atoms with E-state index in [2.05, 4.69) is 0 Å². The lowest BCUT2D eigenvalue weighted by Gasteiger charge is -2.20. The zero-order valence-corrected chi connectivity index (χ0v) is 12.6. The first kappa shape index (κ1) is 16.2. The van der Waals surface area contributed by atoms with Crippen LogP contribution in [0.2, 0.25) is 0 Å². The molecule has 0 bridgehead atoms. The minimum Gasteiger partial charge on any atom is -0.496 e. The van der Waals surface area contributed by atoms with Gasteiger partial charge in [0.25, 0.3) is 0 Å². The Bertz CT molecular complexity index is 446. The highest BCUT2D eigenvalue weighted by molar-refractivity contribution is 5.92. The molecule has 0 unspecified atom stereocenters. The highest BCUT2D eigenvalue weighted by Crippen LogP contribution is 2.38. The van der Waals surface area contributed by atoms with Gasteiger partial charge < -0.3 is 9.47 Å². The smallest absolute Gasteiger partial charge is 0.154 e. The van der Waals surface area contributed by atoms with Crippen molar-refractivity contribution in [2.75, 3.05) is 14.2 Å². The van der Waals surface area contributed by atoms with Crippen molar-refractivity contribution in [3.05, 3.63) is 22.3 Å². The highest BCUT2D eigenvalue weighted by Gasteiger charge is 2.23. The lowest BCUT2D eigenvalue weighted by Crippen LogP contribution is -2.09. The number of hydrogen-bond acceptors (Lipinski definition) is 4. The van der Waals surface area contributed by atoms with Gasteiger partial charge in [-0.25, -0.2) is 0 Å². The van der Waals surface area contributed by atoms with Gasteiger partial charge in [-0.05, 0) is 12.8 Å². The van der Waals surface area contributed by atoms with Gasteiger partial charge in [-0.1, -0.05) is 26.7 Å². The molecule has 0 atom stereocenters. The van der Waals surface area contributed by atoms with Crippen molar-refractivity contribution in [3.8, 4) is 11.5 Å². The fourth-order valence-corrected chi connectivity index (χ4v) is 2.56. The number of hydrogen-bond donors (Lipinski definition) is 0. The minimum atomic E-state index is 0.500. The molecule has 1 rings (SSSR count). The molecule has 1 aromatic carbocycles. The van der Waals surface area contributed by atoms with Crippen molar-refractivity contribution in [1.82, 2.24) is 0 Å². The average molecular weight is 278 g/mol. The number of carbonyl (C=O) groups excluding carboxylic acids is 2. The van der Waals surface area contributed by atoms with Crippen LogP contribution in [0.15, 0.2) is 0 Å². The van der Waals surface area contributed by atoms with Gasteiger partial charge in [0.05, 0.1) is 25.3 Å². The van der Waals surface area contributed by atoms with Gasteiger partial charge in [0.15, 0.2) is 12.6 Å². The average Bonchev–Trinajstić information content (AvgIpc) is 2.47. The molecule has 4 nitrogen and oxygen atoms in total. The topological polar surface area (TPSA) is 52.6 Å². The number of benzene rings is 1. The molecule has 0 spiro atoms. The molecule has 0 fully saturated rings. The first-order valence-electron chi connectivity index (χ1n) is 6.89. The molecule has 110 valence electrons. The Labute approximate surface area is 120 Å². The van der Waals surface area contributed by atoms with Crippen LogP contribution in [0, 0.1) is 0 Å². The molecule has 0 heterocycles. The first-order chi connectivity index (χ1) is 9.69. The summed E-state index contributed by atoms with van der Waals surface area (Å²) < 4.78 is 10.8. The van der Waals surface area contributed by atoms with E-state index in [4.69, 9.17) is 9.47 Å². The third-order valence-corrected chi connectivity index (χ3v) is 3.33. The summed E-state index contributed by atoms with van der Waals surface area (Å²) in [4.78, 5) is 23.0. The molecule has 20 heavy (non-hydrogen) atoms. The van der Waals surface area contributed by atoms with Crippen molar-refractivity contribution in [2.45, 2.75) is 39.5 Å². The maximum Gasteiger partial charge on any atom is 0.154 e. The molecule has 0 radical (unpaired) electrons. The molecule has 0 saturated carbocycles. The summed E-state index contributed by atoms with van der Waals surface area (Å²) in [5, 5.41) is 0. The first-order valence-corrected chi connectivity index (χ1v) is 6.89. The number of rotatable bonds is 8. The summed E-state index contributed by atoms with van der Waals surface area (Å²) in [7, 11) is 3.05. The van der Waals surface area contributed by atoms with Gasteiger partial charge in [0.2, 0.25) is 0 Å². The summed E-state index contributed by atoms with van der Waals surface area (Å²) in [6.07, 6.45) is 4.62. The van der Waals surface area contributed by atoms with Gasteiger partial charge in [-0.2, -0.15) is 0 Å². The molecular weight excluding hydrogens is 256 g/mol. The quantitative estimate of drug-likeness (QED) is 0.685. The van der Waals surface area contributed by atoms with E-state index in [-0.39, 0.29) is 0 Å². The molecule has 4 heteroatoms. The van der Waals surface area contributed by atoms with Crippen molar-refractivity contribution in [1.29, 1.82) is 0 Å². The number of ether oxygens (including phenoxy) is 2. The van der Waals surface area contributed by atoms with Crippen LogP contribution in [0.1, 0.15) is 58.5 Å². The standard InChI is InChI=1S/C16H22O4/c1-5-7-11-13(9-17)16(20-4)12(8-6-2)14(10-18)15(11)19-3/h9-10H,5-8H2,1-4H3. The van der Waals surface area contributed by atoms with Gasteiger partial charge in [-0.3, -0.25) is 9.59 Å². The van der Waals surface area contributed by atoms with E-state index in [1.54, 1.807) is 0 Å². The zero-order valence-electron chi connectivity index (χ0n) is 12.6. The Balaban J connectivity index is 3.76. The molecular formula is C16H22O4. The second kappa shape index (κ2) is 7.68. The molecule has 0 aliphatic carbocycles. The number of carbonyl (C=O) groups is 2. The van der Waals surface area contributed by atoms with Crippen LogP contribution in [0.5, 0.6) is 11.5 Å². The summed E-state index contributed by atoms with van der Waals surface area (Å²) >= 11 is 0. The molecule has 0 aromatic heterocycles. The Hall–Kier alpha value is -1.84. The van der Waals surface area contributed by atoms with E-state index >= 15 is 0 Å². The molecule has 0 N–H and O–H groups in total. The maximum absolute atomic E-state index is 11.5. The van der Waals surface area contributed by atoms with Crippen LogP contribution in [-0.4, -0.2) is 26.8 Å². The Morgan fingerprint density at radius 1 is 0.800 bits per heavy atom. The SMILES string of the molecule is CCCc1c(C=O)c(OC)c(CCC)c(C=O)c1OC. The van der Waals surface area contributed by atoms with Gasteiger partial charge in [-0.15, -0.1) is 0 Å². The fourth-order valence-electron chi connectivity index (χ4n) is 2.56. The van der Waals surface area contributed by atoms with Gasteiger partial charge in [0, 0.05) is 11.1 Å². The Morgan fingerprint density at radius 2 is 1.15 bits per heavy atom. The Kier molecular flexibility index (Phi) is 6.22. The van der Waals surface area contributed by atoms with Crippen molar-refractivity contribution in [2.24, 2.45) is 0 Å². The minimum absolute atomic E-state index is 0.500. The zero-order chi connectivity index (χ0) is 15.1. The van der Waals surface area contributed by atoms with E-state index in [9.17, 15) is 9.59 Å². The third kappa shape index (κ3) is 2.84. The number of methoxy groups -OCH3 is 2. The maximum atomic E-state index is 11.5. The normalized spacial score (nSPS) is 10.2. The lowest BCUT2D eigenvalue weighted by atomic mass is 9.91. The van der Waals surface area contributed by atoms with Crippen LogP contribution in [-0.2, 0) is 12.8 Å². The van der Waals surface area contributed by atoms with Crippen LogP contribution in [0.25, 0.3) is 0 Å². The van der Waals surface area contributed by atoms with Crippen LogP contribution >= 0.6 is 0 Å². The van der Waals surface area contributed by atoms with Crippen molar-refractivity contribution < 1.29 is 19.1 Å². The fraction of sp³-hybridized carbons (Fsp3) is 0.500. The predicted molar refractivity (Wildman–Crippen MR) is 78.3 cm³/mol. The van der Waals surface area contributed by atoms with Crippen molar-refractivity contribution >= 4 is 12.6 Å². The largest absolute Gasteiger partial charge is 0.496 e. The van der Waals surface area contributed by atoms with Gasteiger partial charge in [0.1, 0.15) is 11.5 Å². The van der Waals surface area contributed by atoms with E-state index in [1.807, 2.05) is 13.8 Å². The third-order valence-electron chi connectivity index (χ3n) is 3.33. The second-order valence-electron chi connectivity index (χ2n) is 4.59. The highest BCUT2D eigenvalue weighted by atomic mass is 16.5. The van der Waals surface area contributed by atoms with Gasteiger partial charge >= 0.3 is 0 Å². The monoisotopic (exact) mass is 278 g/mol. The van der Waals surface area contributed by atoms with E-state index < -0.39 is 0 Å². The molecule has 0 aliphatic heterocycles. The summed E-state index contributed by atoms with van der Waals surface area (Å²) in [5.74, 6) is 1.02. The van der Waals surface area contributed by atoms with Crippen LogP contribution in [0.3, 0.4) is 0 Å².